The Kier molecular flexibility index (Phi) is 4.24. The van der Waals surface area contributed by atoms with Gasteiger partial charge in [0.25, 0.3) is 0 Å². The number of hydrogen-bond donors (Lipinski definition) is 1. The number of carboxylic acids is 1. The van der Waals surface area contributed by atoms with Crippen LogP contribution in [0.15, 0.2) is 29.2 Å². The lowest BCUT2D eigenvalue weighted by Gasteiger charge is -2.22. The fourth-order valence-electron chi connectivity index (χ4n) is 1.17. The van der Waals surface area contributed by atoms with Gasteiger partial charge in [0.05, 0.1) is 7.11 Å². The van der Waals surface area contributed by atoms with Crippen LogP contribution in [-0.2, 0) is 4.79 Å². The number of methoxy groups -OCH3 is 1. The molecule has 0 amide bonds. The second-order valence-electron chi connectivity index (χ2n) is 3.67. The van der Waals surface area contributed by atoms with Crippen molar-refractivity contribution < 1.29 is 14.6 Å². The minimum Gasteiger partial charge on any atom is -0.497 e. The summed E-state index contributed by atoms with van der Waals surface area (Å²) in [6.07, 6.45) is 0.582. The number of benzene rings is 1. The zero-order valence-corrected chi connectivity index (χ0v) is 10.5. The Hall–Kier alpha value is -1.16. The van der Waals surface area contributed by atoms with Crippen molar-refractivity contribution in [2.24, 2.45) is 0 Å². The molecule has 0 aliphatic carbocycles. The number of aliphatic carboxylic acids is 1. The summed E-state index contributed by atoms with van der Waals surface area (Å²) >= 11 is 1.36. The molecule has 0 aromatic heterocycles. The Balaban J connectivity index is 2.82. The lowest BCUT2D eigenvalue weighted by molar-refractivity contribution is -0.139. The van der Waals surface area contributed by atoms with Crippen molar-refractivity contribution in [1.29, 1.82) is 0 Å². The molecule has 16 heavy (non-hydrogen) atoms. The topological polar surface area (TPSA) is 46.5 Å². The highest BCUT2D eigenvalue weighted by Gasteiger charge is 2.32. The van der Waals surface area contributed by atoms with Crippen LogP contribution in [0.4, 0.5) is 0 Å². The van der Waals surface area contributed by atoms with Gasteiger partial charge in [-0.3, -0.25) is 4.79 Å². The molecule has 0 saturated carbocycles. The van der Waals surface area contributed by atoms with E-state index in [1.807, 2.05) is 31.2 Å². The number of hydrogen-bond acceptors (Lipinski definition) is 3. The Morgan fingerprint density at radius 3 is 2.38 bits per heavy atom. The van der Waals surface area contributed by atoms with E-state index in [1.165, 1.54) is 11.8 Å². The van der Waals surface area contributed by atoms with E-state index in [0.29, 0.717) is 6.42 Å². The Morgan fingerprint density at radius 1 is 1.44 bits per heavy atom. The molecular weight excluding hydrogens is 224 g/mol. The molecule has 0 radical (unpaired) electrons. The molecular formula is C12H16O3S. The molecule has 0 saturated heterocycles. The molecule has 3 nitrogen and oxygen atoms in total. The Morgan fingerprint density at radius 2 is 2.00 bits per heavy atom. The highest BCUT2D eigenvalue weighted by Crippen LogP contribution is 2.36. The average Bonchev–Trinajstić information content (AvgIpc) is 2.29. The van der Waals surface area contributed by atoms with E-state index in [9.17, 15) is 4.79 Å². The molecule has 0 aliphatic heterocycles. The van der Waals surface area contributed by atoms with Crippen LogP contribution < -0.4 is 4.74 Å². The van der Waals surface area contributed by atoms with Crippen LogP contribution in [0.25, 0.3) is 0 Å². The monoisotopic (exact) mass is 240 g/mol. The summed E-state index contributed by atoms with van der Waals surface area (Å²) in [5, 5.41) is 9.15. The fraction of sp³-hybridized carbons (Fsp3) is 0.417. The summed E-state index contributed by atoms with van der Waals surface area (Å²) in [6.45, 7) is 3.62. The van der Waals surface area contributed by atoms with E-state index in [2.05, 4.69) is 0 Å². The number of ether oxygens (including phenoxy) is 1. The van der Waals surface area contributed by atoms with Crippen molar-refractivity contribution in [1.82, 2.24) is 0 Å². The van der Waals surface area contributed by atoms with Gasteiger partial charge in [0.2, 0.25) is 0 Å². The van der Waals surface area contributed by atoms with E-state index < -0.39 is 10.7 Å². The van der Waals surface area contributed by atoms with Crippen LogP contribution >= 0.6 is 11.8 Å². The van der Waals surface area contributed by atoms with Gasteiger partial charge in [0.15, 0.2) is 0 Å². The van der Waals surface area contributed by atoms with Crippen LogP contribution in [0.2, 0.25) is 0 Å². The normalized spacial score (nSPS) is 14.2. The van der Waals surface area contributed by atoms with Crippen molar-refractivity contribution in [2.75, 3.05) is 7.11 Å². The Labute approximate surface area is 99.8 Å². The summed E-state index contributed by atoms with van der Waals surface area (Å²) in [4.78, 5) is 12.1. The lowest BCUT2D eigenvalue weighted by atomic mass is 10.1. The van der Waals surface area contributed by atoms with Gasteiger partial charge in [-0.2, -0.15) is 0 Å². The summed E-state index contributed by atoms with van der Waals surface area (Å²) in [5.74, 6) is -0.00584. The van der Waals surface area contributed by atoms with Crippen molar-refractivity contribution in [3.8, 4) is 5.75 Å². The smallest absolute Gasteiger partial charge is 0.319 e. The van der Waals surface area contributed by atoms with E-state index in [-0.39, 0.29) is 0 Å². The largest absolute Gasteiger partial charge is 0.497 e. The second kappa shape index (κ2) is 5.25. The van der Waals surface area contributed by atoms with Crippen LogP contribution in [0.1, 0.15) is 20.3 Å². The van der Waals surface area contributed by atoms with E-state index in [0.717, 1.165) is 10.6 Å². The zero-order valence-electron chi connectivity index (χ0n) is 9.69. The molecule has 1 aromatic carbocycles. The number of thioether (sulfide) groups is 1. The molecule has 0 fully saturated rings. The maximum absolute atomic E-state index is 11.1. The maximum Gasteiger partial charge on any atom is 0.319 e. The van der Waals surface area contributed by atoms with Crippen LogP contribution in [-0.4, -0.2) is 22.9 Å². The summed E-state index contributed by atoms with van der Waals surface area (Å²) in [5.41, 5.74) is 0. The number of carbonyl (C=O) groups is 1. The molecule has 1 aromatic rings. The molecule has 0 spiro atoms. The first-order chi connectivity index (χ1) is 7.51. The third-order valence-corrected chi connectivity index (χ3v) is 3.95. The van der Waals surface area contributed by atoms with Gasteiger partial charge in [-0.15, -0.1) is 11.8 Å². The molecule has 1 atom stereocenters. The van der Waals surface area contributed by atoms with Gasteiger partial charge in [-0.05, 0) is 37.6 Å². The molecule has 1 rings (SSSR count). The third-order valence-electron chi connectivity index (χ3n) is 2.53. The Bertz CT molecular complexity index is 361. The predicted molar refractivity (Wildman–Crippen MR) is 65.2 cm³/mol. The summed E-state index contributed by atoms with van der Waals surface area (Å²) < 4.78 is 4.28. The molecule has 0 heterocycles. The molecule has 1 N–H and O–H groups in total. The predicted octanol–water partition coefficient (Wildman–Crippen LogP) is 3.04. The highest BCUT2D eigenvalue weighted by molar-refractivity contribution is 8.01. The minimum absolute atomic E-state index is 0.582. The lowest BCUT2D eigenvalue weighted by Crippen LogP contribution is -2.30. The van der Waals surface area contributed by atoms with Crippen molar-refractivity contribution in [3.05, 3.63) is 24.3 Å². The first-order valence-corrected chi connectivity index (χ1v) is 5.90. The minimum atomic E-state index is -0.782. The van der Waals surface area contributed by atoms with Gasteiger partial charge < -0.3 is 9.84 Å². The van der Waals surface area contributed by atoms with Gasteiger partial charge in [0, 0.05) is 4.90 Å². The molecule has 4 heteroatoms. The third kappa shape index (κ3) is 2.92. The van der Waals surface area contributed by atoms with E-state index in [4.69, 9.17) is 9.84 Å². The molecule has 88 valence electrons. The van der Waals surface area contributed by atoms with Crippen molar-refractivity contribution in [2.45, 2.75) is 29.9 Å². The average molecular weight is 240 g/mol. The highest BCUT2D eigenvalue weighted by atomic mass is 32.2. The van der Waals surface area contributed by atoms with Crippen LogP contribution in [0, 0.1) is 0 Å². The number of carboxylic acid groups (broad SMARTS) is 1. The molecule has 0 bridgehead atoms. The fourth-order valence-corrected chi connectivity index (χ4v) is 2.19. The summed E-state index contributed by atoms with van der Waals surface area (Å²) in [6, 6.07) is 7.42. The first kappa shape index (κ1) is 12.9. The van der Waals surface area contributed by atoms with E-state index in [1.54, 1.807) is 14.0 Å². The standard InChI is InChI=1S/C12H16O3S/c1-4-12(2,11(13)14)16-10-7-5-9(15-3)6-8-10/h5-8H,4H2,1-3H3,(H,13,14). The second-order valence-corrected chi connectivity index (χ2v) is 5.24. The molecule has 0 aliphatic rings. The van der Waals surface area contributed by atoms with Gasteiger partial charge in [0.1, 0.15) is 10.5 Å². The number of rotatable bonds is 5. The van der Waals surface area contributed by atoms with Crippen molar-refractivity contribution in [3.63, 3.8) is 0 Å². The van der Waals surface area contributed by atoms with E-state index >= 15 is 0 Å². The quantitative estimate of drug-likeness (QED) is 0.803. The summed E-state index contributed by atoms with van der Waals surface area (Å²) in [7, 11) is 1.61. The zero-order chi connectivity index (χ0) is 12.2. The maximum atomic E-state index is 11.1. The van der Waals surface area contributed by atoms with Crippen LogP contribution in [0.5, 0.6) is 5.75 Å². The van der Waals surface area contributed by atoms with Gasteiger partial charge in [-0.1, -0.05) is 6.92 Å². The molecule has 1 unspecified atom stereocenters. The van der Waals surface area contributed by atoms with Crippen LogP contribution in [0.3, 0.4) is 0 Å². The van der Waals surface area contributed by atoms with Crippen molar-refractivity contribution >= 4 is 17.7 Å². The van der Waals surface area contributed by atoms with Gasteiger partial charge >= 0.3 is 5.97 Å². The first-order valence-electron chi connectivity index (χ1n) is 5.08. The SMILES string of the molecule is CCC(C)(Sc1ccc(OC)cc1)C(=O)O. The van der Waals surface area contributed by atoms with Gasteiger partial charge in [-0.25, -0.2) is 0 Å².